The Morgan fingerprint density at radius 2 is 1.48 bits per heavy atom. The van der Waals surface area contributed by atoms with Crippen LogP contribution >= 0.6 is 34.8 Å². The number of hydrogen-bond donors (Lipinski definition) is 2. The summed E-state index contributed by atoms with van der Waals surface area (Å²) in [6.07, 6.45) is 1.50. The highest BCUT2D eigenvalue weighted by molar-refractivity contribution is 6.36. The highest BCUT2D eigenvalue weighted by atomic mass is 35.5. The van der Waals surface area contributed by atoms with Crippen LogP contribution in [0.4, 0.5) is 5.69 Å². The van der Waals surface area contributed by atoms with Crippen LogP contribution in [0.2, 0.25) is 15.1 Å². The molecule has 0 aliphatic carbocycles. The third-order valence-corrected chi connectivity index (χ3v) is 5.31. The van der Waals surface area contributed by atoms with Crippen LogP contribution in [0, 0.1) is 0 Å². The molecule has 0 unspecified atom stereocenters. The van der Waals surface area contributed by atoms with Crippen LogP contribution in [-0.4, -0.2) is 26.0 Å². The first kappa shape index (κ1) is 24.5. The molecule has 0 bridgehead atoms. The van der Waals surface area contributed by atoms with Crippen molar-refractivity contribution >= 4 is 58.4 Å². The number of hydrogen-bond acceptors (Lipinski definition) is 4. The molecule has 0 aliphatic heterocycles. The number of anilines is 1. The quantitative estimate of drug-likeness (QED) is 0.382. The summed E-state index contributed by atoms with van der Waals surface area (Å²) in [6, 6.07) is 16.0. The van der Waals surface area contributed by atoms with Gasteiger partial charge in [-0.3, -0.25) is 9.59 Å². The van der Waals surface area contributed by atoms with Crippen LogP contribution < -0.4 is 20.1 Å². The predicted molar refractivity (Wildman–Crippen MR) is 132 cm³/mol. The van der Waals surface area contributed by atoms with Crippen molar-refractivity contribution < 1.29 is 19.1 Å². The SMILES string of the molecule is COc1ccc(/C=C(/NC(=O)c2ccc(Cl)cc2)C(=O)Nc2cc(Cl)ccc2Cl)cc1OC. The fourth-order valence-electron chi connectivity index (χ4n) is 2.85. The summed E-state index contributed by atoms with van der Waals surface area (Å²) >= 11 is 18.1. The van der Waals surface area contributed by atoms with Crippen LogP contribution in [0.15, 0.2) is 66.4 Å². The predicted octanol–water partition coefficient (Wildman–Crippen LogP) is 6.07. The van der Waals surface area contributed by atoms with E-state index in [1.165, 1.54) is 26.4 Å². The van der Waals surface area contributed by atoms with Gasteiger partial charge in [0.2, 0.25) is 0 Å². The van der Waals surface area contributed by atoms with Gasteiger partial charge in [0.05, 0.1) is 24.9 Å². The average Bonchev–Trinajstić information content (AvgIpc) is 2.81. The molecule has 0 fully saturated rings. The maximum atomic E-state index is 13.1. The molecule has 33 heavy (non-hydrogen) atoms. The second kappa shape index (κ2) is 11.1. The monoisotopic (exact) mass is 504 g/mol. The molecule has 3 rings (SSSR count). The Labute approximate surface area is 206 Å². The van der Waals surface area contributed by atoms with Crippen molar-refractivity contribution in [2.75, 3.05) is 19.5 Å². The van der Waals surface area contributed by atoms with Crippen LogP contribution in [0.5, 0.6) is 11.5 Å². The van der Waals surface area contributed by atoms with Gasteiger partial charge in [-0.1, -0.05) is 40.9 Å². The highest BCUT2D eigenvalue weighted by Crippen LogP contribution is 2.29. The van der Waals surface area contributed by atoms with Crippen molar-refractivity contribution in [2.24, 2.45) is 0 Å². The second-order valence-electron chi connectivity index (χ2n) is 6.71. The maximum absolute atomic E-state index is 13.1. The van der Waals surface area contributed by atoms with Crippen molar-refractivity contribution in [3.63, 3.8) is 0 Å². The van der Waals surface area contributed by atoms with E-state index in [-0.39, 0.29) is 5.70 Å². The van der Waals surface area contributed by atoms with E-state index in [1.54, 1.807) is 54.6 Å². The summed E-state index contributed by atoms with van der Waals surface area (Å²) < 4.78 is 10.6. The normalized spacial score (nSPS) is 11.0. The van der Waals surface area contributed by atoms with E-state index >= 15 is 0 Å². The van der Waals surface area contributed by atoms with E-state index < -0.39 is 11.8 Å². The molecule has 9 heteroatoms. The van der Waals surface area contributed by atoms with Gasteiger partial charge in [-0.25, -0.2) is 0 Å². The first-order valence-electron chi connectivity index (χ1n) is 9.57. The minimum atomic E-state index is -0.601. The Bertz CT molecular complexity index is 1210. The molecule has 6 nitrogen and oxygen atoms in total. The number of carbonyl (C=O) groups is 2. The molecule has 170 valence electrons. The van der Waals surface area contributed by atoms with E-state index in [2.05, 4.69) is 10.6 Å². The zero-order valence-corrected chi connectivity index (χ0v) is 19.9. The Hall–Kier alpha value is -3.19. The fraction of sp³-hybridized carbons (Fsp3) is 0.0833. The molecule has 0 aliphatic rings. The van der Waals surface area contributed by atoms with E-state index in [1.807, 2.05) is 0 Å². The number of ether oxygens (including phenoxy) is 2. The topological polar surface area (TPSA) is 76.7 Å². The van der Waals surface area contributed by atoms with Gasteiger partial charge in [-0.05, 0) is 66.2 Å². The molecule has 0 spiro atoms. The number of methoxy groups -OCH3 is 2. The van der Waals surface area contributed by atoms with E-state index in [4.69, 9.17) is 44.3 Å². The number of amides is 2. The molecule has 0 heterocycles. The molecule has 3 aromatic carbocycles. The minimum Gasteiger partial charge on any atom is -0.493 e. The molecule has 0 atom stereocenters. The first-order valence-corrected chi connectivity index (χ1v) is 10.7. The lowest BCUT2D eigenvalue weighted by molar-refractivity contribution is -0.113. The Morgan fingerprint density at radius 1 is 0.818 bits per heavy atom. The van der Waals surface area contributed by atoms with Crippen molar-refractivity contribution in [3.8, 4) is 11.5 Å². The van der Waals surface area contributed by atoms with Gasteiger partial charge in [0.1, 0.15) is 5.70 Å². The van der Waals surface area contributed by atoms with Crippen molar-refractivity contribution in [1.82, 2.24) is 5.32 Å². The second-order valence-corrected chi connectivity index (χ2v) is 7.99. The van der Waals surface area contributed by atoms with Crippen molar-refractivity contribution in [3.05, 3.63) is 92.6 Å². The average molecular weight is 506 g/mol. The summed E-state index contributed by atoms with van der Waals surface area (Å²) in [5.74, 6) is -0.105. The van der Waals surface area contributed by atoms with Gasteiger partial charge in [0.15, 0.2) is 11.5 Å². The molecule has 0 aromatic heterocycles. The van der Waals surface area contributed by atoms with Crippen LogP contribution in [-0.2, 0) is 4.79 Å². The van der Waals surface area contributed by atoms with Gasteiger partial charge in [0.25, 0.3) is 11.8 Å². The zero-order valence-electron chi connectivity index (χ0n) is 17.6. The summed E-state index contributed by atoms with van der Waals surface area (Å²) in [6.45, 7) is 0. The molecule has 0 saturated carbocycles. The number of halogens is 3. The molecule has 3 aromatic rings. The lowest BCUT2D eigenvalue weighted by atomic mass is 10.1. The highest BCUT2D eigenvalue weighted by Gasteiger charge is 2.17. The zero-order chi connectivity index (χ0) is 24.0. The summed E-state index contributed by atoms with van der Waals surface area (Å²) in [7, 11) is 3.02. The standard InChI is InChI=1S/C24H19Cl3N2O4/c1-32-21-10-3-14(12-22(21)33-2)11-20(29-23(30)15-4-6-16(25)7-5-15)24(31)28-19-13-17(26)8-9-18(19)27/h3-13H,1-2H3,(H,28,31)(H,29,30)/b20-11+. The Balaban J connectivity index is 1.97. The number of rotatable bonds is 7. The first-order chi connectivity index (χ1) is 15.8. The van der Waals surface area contributed by atoms with Gasteiger partial charge in [-0.2, -0.15) is 0 Å². The summed E-state index contributed by atoms with van der Waals surface area (Å²) in [5, 5.41) is 6.49. The third-order valence-electron chi connectivity index (χ3n) is 4.49. The Morgan fingerprint density at radius 3 is 2.15 bits per heavy atom. The maximum Gasteiger partial charge on any atom is 0.272 e. The summed E-state index contributed by atoms with van der Waals surface area (Å²) in [4.78, 5) is 25.9. The van der Waals surface area contributed by atoms with Crippen LogP contribution in [0.3, 0.4) is 0 Å². The molecular weight excluding hydrogens is 487 g/mol. The molecule has 0 radical (unpaired) electrons. The van der Waals surface area contributed by atoms with Crippen LogP contribution in [0.25, 0.3) is 6.08 Å². The largest absolute Gasteiger partial charge is 0.493 e. The van der Waals surface area contributed by atoms with E-state index in [0.717, 1.165) is 0 Å². The molecule has 2 N–H and O–H groups in total. The summed E-state index contributed by atoms with van der Waals surface area (Å²) in [5.41, 5.74) is 1.18. The lowest BCUT2D eigenvalue weighted by Crippen LogP contribution is -2.30. The van der Waals surface area contributed by atoms with E-state index in [0.29, 0.717) is 43.4 Å². The number of nitrogens with one attached hydrogen (secondary N) is 2. The number of carbonyl (C=O) groups excluding carboxylic acids is 2. The Kier molecular flexibility index (Phi) is 8.22. The fourth-order valence-corrected chi connectivity index (χ4v) is 3.31. The van der Waals surface area contributed by atoms with E-state index in [9.17, 15) is 9.59 Å². The van der Waals surface area contributed by atoms with Crippen LogP contribution in [0.1, 0.15) is 15.9 Å². The molecule has 0 saturated heterocycles. The lowest BCUT2D eigenvalue weighted by Gasteiger charge is -2.13. The van der Waals surface area contributed by atoms with Crippen molar-refractivity contribution in [1.29, 1.82) is 0 Å². The third kappa shape index (κ3) is 6.42. The van der Waals surface area contributed by atoms with Gasteiger partial charge in [0, 0.05) is 15.6 Å². The van der Waals surface area contributed by atoms with Gasteiger partial charge in [-0.15, -0.1) is 0 Å². The minimum absolute atomic E-state index is 0.0294. The van der Waals surface area contributed by atoms with Gasteiger partial charge < -0.3 is 20.1 Å². The number of benzene rings is 3. The smallest absolute Gasteiger partial charge is 0.272 e. The molecule has 2 amide bonds. The molecular formula is C24H19Cl3N2O4. The van der Waals surface area contributed by atoms with Gasteiger partial charge >= 0.3 is 0 Å². The van der Waals surface area contributed by atoms with Crippen molar-refractivity contribution in [2.45, 2.75) is 0 Å².